The lowest BCUT2D eigenvalue weighted by molar-refractivity contribution is -0.191. The molecule has 1 aliphatic rings. The van der Waals surface area contributed by atoms with Crippen molar-refractivity contribution in [3.63, 3.8) is 0 Å². The van der Waals surface area contributed by atoms with Gasteiger partial charge in [0.15, 0.2) is 6.10 Å². The average molecular weight is 264 g/mol. The number of ketones is 1. The van der Waals surface area contributed by atoms with Gasteiger partial charge in [0.05, 0.1) is 11.1 Å². The number of phenols is 1. The number of rotatable bonds is 1. The van der Waals surface area contributed by atoms with Gasteiger partial charge in [0.2, 0.25) is 11.6 Å². The molecular weight excluding hydrogens is 252 g/mol. The van der Waals surface area contributed by atoms with Crippen molar-refractivity contribution in [3.05, 3.63) is 47.6 Å². The normalized spacial score (nSPS) is 24.4. The summed E-state index contributed by atoms with van der Waals surface area (Å²) in [6.07, 6.45) is -0.331. The Kier molecular flexibility index (Phi) is 3.15. The second kappa shape index (κ2) is 4.51. The van der Waals surface area contributed by atoms with Gasteiger partial charge in [-0.25, -0.2) is 0 Å². The van der Waals surface area contributed by atoms with E-state index >= 15 is 0 Å². The van der Waals surface area contributed by atoms with E-state index in [0.29, 0.717) is 0 Å². The maximum absolute atomic E-state index is 11.7. The Hall–Kier alpha value is -2.15. The number of carbonyl (C=O) groups excluding carboxylic acids is 1. The fourth-order valence-electron chi connectivity index (χ4n) is 1.73. The molecule has 0 aromatic heterocycles. The third kappa shape index (κ3) is 2.24. The number of benzene rings is 1. The van der Waals surface area contributed by atoms with Crippen molar-refractivity contribution in [2.75, 3.05) is 0 Å². The topological polar surface area (TPSA) is 118 Å². The number of carbonyl (C=O) groups is 1. The molecule has 0 saturated heterocycles. The van der Waals surface area contributed by atoms with Crippen LogP contribution in [0.15, 0.2) is 42.0 Å². The zero-order valence-corrected chi connectivity index (χ0v) is 9.69. The molecule has 0 fully saturated rings. The van der Waals surface area contributed by atoms with Gasteiger partial charge >= 0.3 is 0 Å². The monoisotopic (exact) mass is 264 g/mol. The number of aromatic hydroxyl groups is 1. The molecule has 1 atom stereocenters. The van der Waals surface area contributed by atoms with Crippen LogP contribution in [-0.4, -0.2) is 43.2 Å². The highest BCUT2D eigenvalue weighted by Crippen LogP contribution is 2.30. The number of Topliss-reactive ketones (excluding diaryl/α,β-unsaturated/α-hetero) is 1. The van der Waals surface area contributed by atoms with Gasteiger partial charge in [0, 0.05) is 0 Å². The number of phenolic OH excluding ortho intramolecular Hbond substituents is 1. The van der Waals surface area contributed by atoms with E-state index in [0.717, 1.165) is 12.2 Å². The predicted molar refractivity (Wildman–Crippen MR) is 65.0 cm³/mol. The van der Waals surface area contributed by atoms with E-state index in [9.17, 15) is 30.3 Å². The Labute approximate surface area is 108 Å². The number of hydrogen-bond acceptors (Lipinski definition) is 6. The average Bonchev–Trinajstić information content (AvgIpc) is 2.36. The summed E-state index contributed by atoms with van der Waals surface area (Å²) in [6, 6.07) is 5.78. The highest BCUT2D eigenvalue weighted by atomic mass is 16.5. The fraction of sp³-hybridized carbons (Fsp3) is 0.154. The molecule has 5 N–H and O–H groups in total. The van der Waals surface area contributed by atoms with Gasteiger partial charge < -0.3 is 25.5 Å². The van der Waals surface area contributed by atoms with E-state index in [4.69, 9.17) is 0 Å². The largest absolute Gasteiger partial charge is 0.507 e. The first kappa shape index (κ1) is 13.3. The van der Waals surface area contributed by atoms with Crippen LogP contribution in [0.5, 0.6) is 5.75 Å². The number of aliphatic hydroxyl groups excluding tert-OH is 2. The van der Waals surface area contributed by atoms with Crippen LogP contribution >= 0.6 is 0 Å². The van der Waals surface area contributed by atoms with Crippen LogP contribution in [0.2, 0.25) is 0 Å². The molecule has 100 valence electrons. The van der Waals surface area contributed by atoms with Gasteiger partial charge in [-0.3, -0.25) is 4.79 Å². The van der Waals surface area contributed by atoms with Crippen molar-refractivity contribution in [2.24, 2.45) is 0 Å². The van der Waals surface area contributed by atoms with Crippen LogP contribution in [0.4, 0.5) is 0 Å². The first-order valence-corrected chi connectivity index (χ1v) is 5.42. The standard InChI is InChI=1S/C13H12O6/c14-9-4-2-1-3-7(9)10(15)8-5-6-13(18,19)12(17)11(8)16/h1-6,12,14-15,17-19H. The van der Waals surface area contributed by atoms with Crippen molar-refractivity contribution < 1.29 is 30.3 Å². The third-order valence-corrected chi connectivity index (χ3v) is 2.83. The molecule has 1 unspecified atom stereocenters. The lowest BCUT2D eigenvalue weighted by Gasteiger charge is -2.27. The van der Waals surface area contributed by atoms with E-state index in [-0.39, 0.29) is 16.9 Å². The number of aliphatic hydroxyl groups is 4. The quantitative estimate of drug-likeness (QED) is 0.273. The summed E-state index contributed by atoms with van der Waals surface area (Å²) in [5, 5.41) is 47.5. The third-order valence-electron chi connectivity index (χ3n) is 2.83. The van der Waals surface area contributed by atoms with Gasteiger partial charge in [-0.2, -0.15) is 0 Å². The maximum Gasteiger partial charge on any atom is 0.217 e. The summed E-state index contributed by atoms with van der Waals surface area (Å²) in [4.78, 5) is 11.7. The van der Waals surface area contributed by atoms with Gasteiger partial charge in [-0.15, -0.1) is 0 Å². The molecule has 0 heterocycles. The van der Waals surface area contributed by atoms with Crippen LogP contribution in [0.25, 0.3) is 5.76 Å². The number of para-hydroxylation sites is 1. The summed E-state index contributed by atoms with van der Waals surface area (Å²) in [6.45, 7) is 0. The molecule has 6 heteroatoms. The van der Waals surface area contributed by atoms with Crippen molar-refractivity contribution in [1.82, 2.24) is 0 Å². The summed E-state index contributed by atoms with van der Waals surface area (Å²) in [5.74, 6) is -4.50. The lowest BCUT2D eigenvalue weighted by Crippen LogP contribution is -2.48. The Balaban J connectivity index is 2.55. The van der Waals surface area contributed by atoms with Crippen LogP contribution < -0.4 is 0 Å². The Morgan fingerprint density at radius 3 is 2.47 bits per heavy atom. The molecule has 1 aromatic rings. The summed E-state index contributed by atoms with van der Waals surface area (Å²) >= 11 is 0. The summed E-state index contributed by atoms with van der Waals surface area (Å²) in [5.41, 5.74) is -0.307. The molecule has 0 radical (unpaired) electrons. The molecule has 0 bridgehead atoms. The van der Waals surface area contributed by atoms with Gasteiger partial charge in [0.25, 0.3) is 0 Å². The first-order chi connectivity index (χ1) is 8.84. The maximum atomic E-state index is 11.7. The Morgan fingerprint density at radius 2 is 1.84 bits per heavy atom. The summed E-state index contributed by atoms with van der Waals surface area (Å²) in [7, 11) is 0. The van der Waals surface area contributed by atoms with Crippen LogP contribution in [-0.2, 0) is 4.79 Å². The van der Waals surface area contributed by atoms with Gasteiger partial charge in [-0.1, -0.05) is 12.1 Å². The van der Waals surface area contributed by atoms with Crippen LogP contribution in [0, 0.1) is 0 Å². The van der Waals surface area contributed by atoms with E-state index < -0.39 is 23.4 Å². The zero-order valence-electron chi connectivity index (χ0n) is 9.69. The molecule has 19 heavy (non-hydrogen) atoms. The molecule has 2 rings (SSSR count). The van der Waals surface area contributed by atoms with E-state index in [1.54, 1.807) is 6.07 Å². The second-order valence-corrected chi connectivity index (χ2v) is 4.16. The minimum Gasteiger partial charge on any atom is -0.507 e. The lowest BCUT2D eigenvalue weighted by atomic mass is 9.90. The van der Waals surface area contributed by atoms with Crippen molar-refractivity contribution >= 4 is 11.5 Å². The predicted octanol–water partition coefficient (Wildman–Crippen LogP) is -0.158. The van der Waals surface area contributed by atoms with Crippen molar-refractivity contribution in [2.45, 2.75) is 11.9 Å². The Bertz CT molecular complexity index is 585. The molecule has 0 spiro atoms. The first-order valence-electron chi connectivity index (χ1n) is 5.42. The minimum absolute atomic E-state index is 0.00563. The van der Waals surface area contributed by atoms with Crippen LogP contribution in [0.3, 0.4) is 0 Å². The molecule has 1 aliphatic carbocycles. The molecule has 0 amide bonds. The van der Waals surface area contributed by atoms with Gasteiger partial charge in [0.1, 0.15) is 11.5 Å². The highest BCUT2D eigenvalue weighted by Gasteiger charge is 2.41. The molecule has 0 aliphatic heterocycles. The van der Waals surface area contributed by atoms with Crippen molar-refractivity contribution in [3.8, 4) is 5.75 Å². The van der Waals surface area contributed by atoms with Crippen molar-refractivity contribution in [1.29, 1.82) is 0 Å². The highest BCUT2D eigenvalue weighted by molar-refractivity contribution is 6.08. The summed E-state index contributed by atoms with van der Waals surface area (Å²) < 4.78 is 0. The number of allylic oxidation sites excluding steroid dienone is 1. The van der Waals surface area contributed by atoms with Gasteiger partial charge in [-0.05, 0) is 24.3 Å². The minimum atomic E-state index is -2.67. The molecule has 1 aromatic carbocycles. The van der Waals surface area contributed by atoms with E-state index in [1.165, 1.54) is 18.2 Å². The molecular formula is C13H12O6. The number of hydrogen-bond donors (Lipinski definition) is 5. The fourth-order valence-corrected chi connectivity index (χ4v) is 1.73. The Morgan fingerprint density at radius 1 is 1.21 bits per heavy atom. The van der Waals surface area contributed by atoms with Crippen LogP contribution in [0.1, 0.15) is 5.56 Å². The second-order valence-electron chi connectivity index (χ2n) is 4.16. The van der Waals surface area contributed by atoms with E-state index in [2.05, 4.69) is 0 Å². The van der Waals surface area contributed by atoms with E-state index in [1.807, 2.05) is 0 Å². The smallest absolute Gasteiger partial charge is 0.217 e. The zero-order chi connectivity index (χ0) is 14.2. The molecule has 0 saturated carbocycles. The molecule has 6 nitrogen and oxygen atoms in total. The SMILES string of the molecule is O=C1C(=C(O)c2ccccc2O)C=CC(O)(O)C1O.